The molecule has 0 spiro atoms. The summed E-state index contributed by atoms with van der Waals surface area (Å²) in [5.74, 6) is 0. The highest BCUT2D eigenvalue weighted by atomic mass is 14.9. The zero-order chi connectivity index (χ0) is 12.5. The first-order chi connectivity index (χ1) is 8.95. The van der Waals surface area contributed by atoms with Crippen LogP contribution in [0.1, 0.15) is 24.1 Å². The van der Waals surface area contributed by atoms with Gasteiger partial charge in [-0.3, -0.25) is 0 Å². The molecule has 0 amide bonds. The molecule has 2 N–H and O–H groups in total. The molecule has 0 saturated heterocycles. The Bertz CT molecular complexity index is 409. The summed E-state index contributed by atoms with van der Waals surface area (Å²) in [6.45, 7) is 2.12. The Balaban J connectivity index is 1.47. The van der Waals surface area contributed by atoms with Crippen LogP contribution in [-0.4, -0.2) is 23.1 Å². The van der Waals surface area contributed by atoms with Gasteiger partial charge in [-0.1, -0.05) is 30.3 Å². The SMILES string of the molecule is c1ccc(CCCCNCCc2cnc[nH]2)cc1. The first-order valence-corrected chi connectivity index (χ1v) is 6.67. The summed E-state index contributed by atoms with van der Waals surface area (Å²) in [5, 5.41) is 3.46. The molecule has 0 aliphatic carbocycles. The molecule has 0 aliphatic heterocycles. The summed E-state index contributed by atoms with van der Waals surface area (Å²) >= 11 is 0. The maximum Gasteiger partial charge on any atom is 0.0921 e. The van der Waals surface area contributed by atoms with Gasteiger partial charge in [0.25, 0.3) is 0 Å². The summed E-state index contributed by atoms with van der Waals surface area (Å²) < 4.78 is 0. The molecule has 1 aromatic carbocycles. The number of rotatable bonds is 8. The number of nitrogens with zero attached hydrogens (tertiary/aromatic N) is 1. The van der Waals surface area contributed by atoms with Gasteiger partial charge in [0.2, 0.25) is 0 Å². The van der Waals surface area contributed by atoms with E-state index in [-0.39, 0.29) is 0 Å². The van der Waals surface area contributed by atoms with Gasteiger partial charge in [0.05, 0.1) is 6.33 Å². The fourth-order valence-corrected chi connectivity index (χ4v) is 1.99. The van der Waals surface area contributed by atoms with Crippen LogP contribution in [-0.2, 0) is 12.8 Å². The molecule has 3 nitrogen and oxygen atoms in total. The van der Waals surface area contributed by atoms with E-state index in [1.807, 2.05) is 6.20 Å². The van der Waals surface area contributed by atoms with Gasteiger partial charge in [0.15, 0.2) is 0 Å². The van der Waals surface area contributed by atoms with Crippen molar-refractivity contribution >= 4 is 0 Å². The lowest BCUT2D eigenvalue weighted by Gasteiger charge is -2.04. The van der Waals surface area contributed by atoms with Crippen molar-refractivity contribution in [1.82, 2.24) is 15.3 Å². The molecule has 0 saturated carbocycles. The average molecular weight is 243 g/mol. The minimum atomic E-state index is 1.02. The topological polar surface area (TPSA) is 40.7 Å². The van der Waals surface area contributed by atoms with E-state index < -0.39 is 0 Å². The molecule has 96 valence electrons. The highest BCUT2D eigenvalue weighted by Crippen LogP contribution is 2.03. The lowest BCUT2D eigenvalue weighted by atomic mass is 10.1. The number of aromatic nitrogens is 2. The van der Waals surface area contributed by atoms with Crippen LogP contribution in [0.5, 0.6) is 0 Å². The van der Waals surface area contributed by atoms with E-state index in [1.165, 1.54) is 30.5 Å². The third-order valence-corrected chi connectivity index (χ3v) is 3.04. The number of H-pyrrole nitrogens is 1. The molecule has 0 unspecified atom stereocenters. The molecular weight excluding hydrogens is 222 g/mol. The smallest absolute Gasteiger partial charge is 0.0921 e. The quantitative estimate of drug-likeness (QED) is 0.700. The first kappa shape index (κ1) is 12.8. The predicted octanol–water partition coefficient (Wildman–Crippen LogP) is 2.56. The molecule has 2 rings (SSSR count). The van der Waals surface area contributed by atoms with Crippen LogP contribution in [0.3, 0.4) is 0 Å². The van der Waals surface area contributed by atoms with Gasteiger partial charge in [-0.25, -0.2) is 4.98 Å². The molecule has 2 aromatic rings. The standard InChI is InChI=1S/C15H21N3/c1-2-6-14(7-3-1)8-4-5-10-16-11-9-15-12-17-13-18-15/h1-3,6-7,12-13,16H,4-5,8-11H2,(H,17,18). The van der Waals surface area contributed by atoms with Crippen LogP contribution in [0.25, 0.3) is 0 Å². The third kappa shape index (κ3) is 4.72. The Hall–Kier alpha value is -1.61. The third-order valence-electron chi connectivity index (χ3n) is 3.04. The van der Waals surface area contributed by atoms with Crippen LogP contribution in [0.2, 0.25) is 0 Å². The summed E-state index contributed by atoms with van der Waals surface area (Å²) in [6.07, 6.45) is 8.31. The summed E-state index contributed by atoms with van der Waals surface area (Å²) in [5.41, 5.74) is 2.64. The van der Waals surface area contributed by atoms with Gasteiger partial charge < -0.3 is 10.3 Å². The molecule has 3 heteroatoms. The molecule has 0 bridgehead atoms. The van der Waals surface area contributed by atoms with Crippen LogP contribution < -0.4 is 5.32 Å². The van der Waals surface area contributed by atoms with Crippen LogP contribution >= 0.6 is 0 Å². The Kier molecular flexibility index (Phi) is 5.47. The molecule has 0 aliphatic rings. The van der Waals surface area contributed by atoms with Gasteiger partial charge in [-0.05, 0) is 31.4 Å². The average Bonchev–Trinajstić information content (AvgIpc) is 2.92. The summed E-state index contributed by atoms with van der Waals surface area (Å²) in [7, 11) is 0. The molecule has 1 aromatic heterocycles. The second-order valence-corrected chi connectivity index (χ2v) is 4.52. The maximum atomic E-state index is 4.00. The van der Waals surface area contributed by atoms with E-state index in [4.69, 9.17) is 0 Å². The highest BCUT2D eigenvalue weighted by Gasteiger charge is 1.94. The zero-order valence-electron chi connectivity index (χ0n) is 10.7. The van der Waals surface area contributed by atoms with Gasteiger partial charge in [-0.2, -0.15) is 0 Å². The van der Waals surface area contributed by atoms with Crippen molar-refractivity contribution in [2.24, 2.45) is 0 Å². The second-order valence-electron chi connectivity index (χ2n) is 4.52. The normalized spacial score (nSPS) is 10.7. The predicted molar refractivity (Wildman–Crippen MR) is 74.5 cm³/mol. The van der Waals surface area contributed by atoms with Crippen LogP contribution in [0.4, 0.5) is 0 Å². The van der Waals surface area contributed by atoms with Crippen molar-refractivity contribution in [3.05, 3.63) is 54.1 Å². The van der Waals surface area contributed by atoms with Crippen LogP contribution in [0.15, 0.2) is 42.9 Å². The number of nitrogens with one attached hydrogen (secondary N) is 2. The minimum absolute atomic E-state index is 1.02. The van der Waals surface area contributed by atoms with E-state index in [0.717, 1.165) is 19.5 Å². The second kappa shape index (κ2) is 7.67. The number of aromatic amines is 1. The van der Waals surface area contributed by atoms with E-state index in [0.29, 0.717) is 0 Å². The molecule has 0 radical (unpaired) electrons. The van der Waals surface area contributed by atoms with E-state index in [9.17, 15) is 0 Å². The molecular formula is C15H21N3. The van der Waals surface area contributed by atoms with Crippen molar-refractivity contribution in [1.29, 1.82) is 0 Å². The highest BCUT2D eigenvalue weighted by molar-refractivity contribution is 5.14. The van der Waals surface area contributed by atoms with Crippen molar-refractivity contribution in [2.75, 3.05) is 13.1 Å². The van der Waals surface area contributed by atoms with Crippen molar-refractivity contribution in [3.63, 3.8) is 0 Å². The number of hydrogen-bond donors (Lipinski definition) is 2. The zero-order valence-corrected chi connectivity index (χ0v) is 10.7. The van der Waals surface area contributed by atoms with Gasteiger partial charge in [0.1, 0.15) is 0 Å². The van der Waals surface area contributed by atoms with Crippen molar-refractivity contribution < 1.29 is 0 Å². The minimum Gasteiger partial charge on any atom is -0.348 e. The fourth-order valence-electron chi connectivity index (χ4n) is 1.99. The lowest BCUT2D eigenvalue weighted by Crippen LogP contribution is -2.18. The van der Waals surface area contributed by atoms with Gasteiger partial charge in [-0.15, -0.1) is 0 Å². The monoisotopic (exact) mass is 243 g/mol. The molecule has 0 atom stereocenters. The van der Waals surface area contributed by atoms with E-state index >= 15 is 0 Å². The first-order valence-electron chi connectivity index (χ1n) is 6.67. The molecule has 1 heterocycles. The maximum absolute atomic E-state index is 4.00. The Morgan fingerprint density at radius 3 is 2.67 bits per heavy atom. The molecule has 0 fully saturated rings. The number of benzene rings is 1. The van der Waals surface area contributed by atoms with Gasteiger partial charge in [0, 0.05) is 24.9 Å². The Morgan fingerprint density at radius 2 is 1.89 bits per heavy atom. The van der Waals surface area contributed by atoms with E-state index in [1.54, 1.807) is 6.33 Å². The van der Waals surface area contributed by atoms with E-state index in [2.05, 4.69) is 45.6 Å². The number of imidazole rings is 1. The lowest BCUT2D eigenvalue weighted by molar-refractivity contribution is 0.620. The fraction of sp³-hybridized carbons (Fsp3) is 0.400. The molecule has 18 heavy (non-hydrogen) atoms. The Labute approximate surface area is 109 Å². The number of unbranched alkanes of at least 4 members (excludes halogenated alkanes) is 1. The summed E-state index contributed by atoms with van der Waals surface area (Å²) in [6, 6.07) is 10.7. The number of aryl methyl sites for hydroxylation is 1. The van der Waals surface area contributed by atoms with Crippen molar-refractivity contribution in [2.45, 2.75) is 25.7 Å². The van der Waals surface area contributed by atoms with Crippen molar-refractivity contribution in [3.8, 4) is 0 Å². The Morgan fingerprint density at radius 1 is 1.00 bits per heavy atom. The largest absolute Gasteiger partial charge is 0.348 e. The summed E-state index contributed by atoms with van der Waals surface area (Å²) in [4.78, 5) is 7.11. The van der Waals surface area contributed by atoms with Crippen LogP contribution in [0, 0.1) is 0 Å². The van der Waals surface area contributed by atoms with Gasteiger partial charge >= 0.3 is 0 Å². The number of hydrogen-bond acceptors (Lipinski definition) is 2.